The molecule has 3 fully saturated rings. The summed E-state index contributed by atoms with van der Waals surface area (Å²) in [6.45, 7) is 2.82. The van der Waals surface area contributed by atoms with Gasteiger partial charge in [-0.2, -0.15) is 4.31 Å². The zero-order valence-electron chi connectivity index (χ0n) is 18.4. The molecule has 2 heterocycles. The van der Waals surface area contributed by atoms with Crippen LogP contribution in [-0.2, 0) is 24.4 Å². The first kappa shape index (κ1) is 22.1. The van der Waals surface area contributed by atoms with Gasteiger partial charge < -0.3 is 9.64 Å². The molecule has 176 valence electrons. The number of fused-ring (bicyclic) bond motifs is 5. The number of carbonyl (C=O) groups excluding carboxylic acids is 3. The number of nitrogens with zero attached hydrogens (tertiary/aromatic N) is 3. The molecule has 0 N–H and O–H groups in total. The van der Waals surface area contributed by atoms with Gasteiger partial charge in [-0.05, 0) is 49.4 Å². The number of benzene rings is 1. The van der Waals surface area contributed by atoms with Crippen LogP contribution in [0.3, 0.4) is 0 Å². The molecule has 2 saturated heterocycles. The lowest BCUT2D eigenvalue weighted by Gasteiger charge is -2.34. The molecule has 1 aromatic rings. The van der Waals surface area contributed by atoms with E-state index >= 15 is 0 Å². The largest absolute Gasteiger partial charge is 0.494 e. The van der Waals surface area contributed by atoms with Crippen molar-refractivity contribution in [2.45, 2.75) is 18.2 Å². The number of amides is 3. The lowest BCUT2D eigenvalue weighted by Crippen LogP contribution is -2.53. The second-order valence-corrected chi connectivity index (χ2v) is 10.9. The first-order valence-corrected chi connectivity index (χ1v) is 12.8. The molecule has 2 aliphatic heterocycles. The first-order chi connectivity index (χ1) is 15.8. The summed E-state index contributed by atoms with van der Waals surface area (Å²) in [5, 5.41) is 0. The van der Waals surface area contributed by atoms with E-state index in [0.717, 1.165) is 11.3 Å². The number of hydrogen-bond acceptors (Lipinski definition) is 6. The van der Waals surface area contributed by atoms with Gasteiger partial charge in [0.1, 0.15) is 12.3 Å². The molecule has 2 aliphatic carbocycles. The molecule has 3 amide bonds. The van der Waals surface area contributed by atoms with Crippen molar-refractivity contribution < 1.29 is 27.5 Å². The summed E-state index contributed by atoms with van der Waals surface area (Å²) in [7, 11) is -3.68. The Labute approximate surface area is 193 Å². The molecule has 0 radical (unpaired) electrons. The van der Waals surface area contributed by atoms with Crippen molar-refractivity contribution in [3.8, 4) is 5.75 Å². The summed E-state index contributed by atoms with van der Waals surface area (Å²) in [5.74, 6) is -0.645. The maximum atomic E-state index is 13.0. The van der Waals surface area contributed by atoms with Gasteiger partial charge in [0.05, 0.1) is 23.3 Å². The molecular formula is C23H27N3O6S. The maximum absolute atomic E-state index is 13.0. The van der Waals surface area contributed by atoms with E-state index in [-0.39, 0.29) is 79.0 Å². The van der Waals surface area contributed by atoms with E-state index in [9.17, 15) is 22.8 Å². The van der Waals surface area contributed by atoms with Crippen LogP contribution >= 0.6 is 0 Å². The van der Waals surface area contributed by atoms with E-state index in [1.54, 1.807) is 12.1 Å². The van der Waals surface area contributed by atoms with Gasteiger partial charge in [0.25, 0.3) is 0 Å². The van der Waals surface area contributed by atoms with Crippen molar-refractivity contribution in [1.82, 2.24) is 14.1 Å². The van der Waals surface area contributed by atoms with Crippen molar-refractivity contribution in [1.29, 1.82) is 0 Å². The quantitative estimate of drug-likeness (QED) is 0.446. The molecule has 1 saturated carbocycles. The van der Waals surface area contributed by atoms with E-state index in [1.165, 1.54) is 21.3 Å². The number of likely N-dealkylation sites (tertiary alicyclic amines) is 1. The van der Waals surface area contributed by atoms with Crippen LogP contribution in [0.1, 0.15) is 13.3 Å². The zero-order valence-corrected chi connectivity index (χ0v) is 19.2. The highest BCUT2D eigenvalue weighted by Crippen LogP contribution is 2.52. The zero-order chi connectivity index (χ0) is 23.3. The smallest absolute Gasteiger partial charge is 0.243 e. The average Bonchev–Trinajstić information content (AvgIpc) is 3.50. The third-order valence-corrected chi connectivity index (χ3v) is 9.13. The van der Waals surface area contributed by atoms with Crippen molar-refractivity contribution in [3.63, 3.8) is 0 Å². The van der Waals surface area contributed by atoms with Crippen molar-refractivity contribution >= 4 is 27.7 Å². The van der Waals surface area contributed by atoms with Crippen molar-refractivity contribution in [3.05, 3.63) is 36.4 Å². The molecule has 1 aromatic carbocycles. The third kappa shape index (κ3) is 3.65. The van der Waals surface area contributed by atoms with Gasteiger partial charge in [-0.3, -0.25) is 19.3 Å². The van der Waals surface area contributed by atoms with Gasteiger partial charge >= 0.3 is 0 Å². The highest BCUT2D eigenvalue weighted by molar-refractivity contribution is 7.89. The van der Waals surface area contributed by atoms with Crippen LogP contribution in [0.25, 0.3) is 0 Å². The van der Waals surface area contributed by atoms with E-state index in [0.29, 0.717) is 12.4 Å². The van der Waals surface area contributed by atoms with Crippen LogP contribution in [0.5, 0.6) is 5.75 Å². The van der Waals surface area contributed by atoms with E-state index in [2.05, 4.69) is 0 Å². The minimum absolute atomic E-state index is 0.105. The second kappa shape index (κ2) is 8.25. The fraction of sp³-hybridized carbons (Fsp3) is 0.522. The Kier molecular flexibility index (Phi) is 5.52. The van der Waals surface area contributed by atoms with Crippen LogP contribution in [-0.4, -0.2) is 79.6 Å². The minimum Gasteiger partial charge on any atom is -0.494 e. The number of sulfonamides is 1. The summed E-state index contributed by atoms with van der Waals surface area (Å²) in [6, 6.07) is 6.28. The fourth-order valence-corrected chi connectivity index (χ4v) is 6.98. The third-order valence-electron chi connectivity index (χ3n) is 7.22. The van der Waals surface area contributed by atoms with Gasteiger partial charge in [-0.1, -0.05) is 12.2 Å². The molecule has 4 aliphatic rings. The summed E-state index contributed by atoms with van der Waals surface area (Å²) in [6.07, 6.45) is 4.89. The van der Waals surface area contributed by atoms with E-state index < -0.39 is 10.0 Å². The molecule has 0 unspecified atom stereocenters. The van der Waals surface area contributed by atoms with Gasteiger partial charge in [-0.25, -0.2) is 8.42 Å². The Bertz CT molecular complexity index is 1080. The number of rotatable bonds is 6. The first-order valence-electron chi connectivity index (χ1n) is 11.4. The molecular weight excluding hydrogens is 446 g/mol. The Morgan fingerprint density at radius 3 is 2.09 bits per heavy atom. The Morgan fingerprint density at radius 1 is 0.970 bits per heavy atom. The van der Waals surface area contributed by atoms with Crippen molar-refractivity contribution in [2.24, 2.45) is 23.7 Å². The highest BCUT2D eigenvalue weighted by atomic mass is 32.2. The highest BCUT2D eigenvalue weighted by Gasteiger charge is 2.59. The fourth-order valence-electron chi connectivity index (χ4n) is 5.56. The predicted octanol–water partition coefficient (Wildman–Crippen LogP) is 0.725. The molecule has 33 heavy (non-hydrogen) atoms. The van der Waals surface area contributed by atoms with Gasteiger partial charge in [0.15, 0.2) is 0 Å². The van der Waals surface area contributed by atoms with Crippen LogP contribution < -0.4 is 4.74 Å². The molecule has 4 atom stereocenters. The normalized spacial score (nSPS) is 29.1. The summed E-state index contributed by atoms with van der Waals surface area (Å²) < 4.78 is 32.6. The minimum atomic E-state index is -3.68. The maximum Gasteiger partial charge on any atom is 0.243 e. The molecule has 5 rings (SSSR count). The summed E-state index contributed by atoms with van der Waals surface area (Å²) in [4.78, 5) is 41.3. The standard InChI is InChI=1S/C23H27N3O6S/c1-2-32-17-5-7-18(8-6-17)33(30,31)25-11-9-24(10-12-25)19(27)14-26-22(28)20-15-3-4-16(13-15)21(20)23(26)29/h3-8,15-16,20-21H,2,9-14H2,1H3/t15-,16-,20-,21+/m0/s1. The predicted molar refractivity (Wildman–Crippen MR) is 117 cm³/mol. The molecule has 2 bridgehead atoms. The lowest BCUT2D eigenvalue weighted by atomic mass is 9.85. The van der Waals surface area contributed by atoms with Gasteiger partial charge in [-0.15, -0.1) is 0 Å². The number of hydrogen-bond donors (Lipinski definition) is 0. The van der Waals surface area contributed by atoms with Crippen LogP contribution in [0.15, 0.2) is 41.3 Å². The number of imide groups is 1. The topological polar surface area (TPSA) is 104 Å². The Morgan fingerprint density at radius 2 is 1.55 bits per heavy atom. The molecule has 10 heteroatoms. The SMILES string of the molecule is CCOc1ccc(S(=O)(=O)N2CCN(C(=O)CN3C(=O)[C@@H]4[C@H](C3=O)[C@H]3C=C[C@H]4C3)CC2)cc1. The van der Waals surface area contributed by atoms with Gasteiger partial charge in [0, 0.05) is 26.2 Å². The van der Waals surface area contributed by atoms with Crippen LogP contribution in [0.4, 0.5) is 0 Å². The second-order valence-electron chi connectivity index (χ2n) is 8.95. The summed E-state index contributed by atoms with van der Waals surface area (Å²) >= 11 is 0. The molecule has 9 nitrogen and oxygen atoms in total. The number of allylic oxidation sites excluding steroid dienone is 2. The number of carbonyl (C=O) groups is 3. The summed E-state index contributed by atoms with van der Waals surface area (Å²) in [5.41, 5.74) is 0. The lowest BCUT2D eigenvalue weighted by molar-refractivity contribution is -0.147. The van der Waals surface area contributed by atoms with E-state index in [4.69, 9.17) is 4.74 Å². The number of ether oxygens (including phenoxy) is 1. The van der Waals surface area contributed by atoms with Crippen LogP contribution in [0.2, 0.25) is 0 Å². The number of piperazine rings is 1. The van der Waals surface area contributed by atoms with Gasteiger partial charge in [0.2, 0.25) is 27.7 Å². The average molecular weight is 474 g/mol. The Balaban J connectivity index is 1.19. The van der Waals surface area contributed by atoms with E-state index in [1.807, 2.05) is 19.1 Å². The monoisotopic (exact) mass is 473 g/mol. The molecule has 0 aromatic heterocycles. The van der Waals surface area contributed by atoms with Crippen LogP contribution in [0, 0.1) is 23.7 Å². The Hall–Kier alpha value is -2.72. The molecule has 0 spiro atoms. The van der Waals surface area contributed by atoms with Crippen molar-refractivity contribution in [2.75, 3.05) is 39.3 Å².